The van der Waals surface area contributed by atoms with E-state index < -0.39 is 14.9 Å². The molecule has 0 saturated carbocycles. The number of nitro benzene ring substituents is 1. The molecule has 0 aliphatic carbocycles. The fourth-order valence-electron chi connectivity index (χ4n) is 3.32. The van der Waals surface area contributed by atoms with Crippen LogP contribution in [-0.2, 0) is 16.4 Å². The number of nitrogens with two attached hydrogens (primary N) is 1. The first-order chi connectivity index (χ1) is 11.9. The standard InChI is InChI=1S/C17H19N3O4S/c18-25(23,24)15-8-9-16(17(12-15)20(21)22)19-10-4-7-14(19)11-13-5-2-1-3-6-13/h1-3,5-6,8-9,12,14H,4,7,10-11H2,(H2,18,23,24). The predicted molar refractivity (Wildman–Crippen MR) is 95.0 cm³/mol. The fourth-order valence-corrected chi connectivity index (χ4v) is 3.85. The van der Waals surface area contributed by atoms with Crippen molar-refractivity contribution in [2.24, 2.45) is 5.14 Å². The minimum atomic E-state index is -3.98. The van der Waals surface area contributed by atoms with Crippen molar-refractivity contribution in [1.82, 2.24) is 0 Å². The minimum Gasteiger partial charge on any atom is -0.363 e. The van der Waals surface area contributed by atoms with E-state index in [0.717, 1.165) is 25.3 Å². The lowest BCUT2D eigenvalue weighted by molar-refractivity contribution is -0.384. The maximum atomic E-state index is 11.5. The lowest BCUT2D eigenvalue weighted by Crippen LogP contribution is -2.31. The van der Waals surface area contributed by atoms with E-state index in [1.165, 1.54) is 17.7 Å². The Kier molecular flexibility index (Phi) is 4.73. The minimum absolute atomic E-state index is 0.140. The highest BCUT2D eigenvalue weighted by atomic mass is 32.2. The maximum absolute atomic E-state index is 11.5. The normalized spacial score (nSPS) is 17.6. The molecule has 0 bridgehead atoms. The second-order valence-electron chi connectivity index (χ2n) is 6.13. The summed E-state index contributed by atoms with van der Waals surface area (Å²) in [5, 5.41) is 16.6. The third-order valence-electron chi connectivity index (χ3n) is 4.47. The van der Waals surface area contributed by atoms with Gasteiger partial charge in [-0.05, 0) is 37.0 Å². The number of rotatable bonds is 5. The Hall–Kier alpha value is -2.45. The van der Waals surface area contributed by atoms with Crippen molar-refractivity contribution in [2.75, 3.05) is 11.4 Å². The van der Waals surface area contributed by atoms with Crippen molar-refractivity contribution in [3.05, 3.63) is 64.2 Å². The molecular formula is C17H19N3O4S. The molecule has 1 heterocycles. The van der Waals surface area contributed by atoms with Crippen molar-refractivity contribution in [3.8, 4) is 0 Å². The van der Waals surface area contributed by atoms with Crippen LogP contribution in [0.4, 0.5) is 11.4 Å². The van der Waals surface area contributed by atoms with Crippen molar-refractivity contribution < 1.29 is 13.3 Å². The third-order valence-corrected chi connectivity index (χ3v) is 5.38. The molecule has 3 rings (SSSR count). The van der Waals surface area contributed by atoms with Gasteiger partial charge in [-0.2, -0.15) is 0 Å². The summed E-state index contributed by atoms with van der Waals surface area (Å²) in [6.07, 6.45) is 2.66. The Morgan fingerprint density at radius 1 is 1.20 bits per heavy atom. The topological polar surface area (TPSA) is 107 Å². The summed E-state index contributed by atoms with van der Waals surface area (Å²) in [6, 6.07) is 14.0. The van der Waals surface area contributed by atoms with Gasteiger partial charge in [0.1, 0.15) is 5.69 Å². The molecule has 1 saturated heterocycles. The van der Waals surface area contributed by atoms with Gasteiger partial charge in [-0.15, -0.1) is 0 Å². The summed E-state index contributed by atoms with van der Waals surface area (Å²) in [5.74, 6) is 0. The van der Waals surface area contributed by atoms with E-state index in [9.17, 15) is 18.5 Å². The number of hydrogen-bond acceptors (Lipinski definition) is 5. The Balaban J connectivity index is 1.95. The molecule has 0 aromatic heterocycles. The first-order valence-corrected chi connectivity index (χ1v) is 9.53. The second-order valence-corrected chi connectivity index (χ2v) is 7.69. The van der Waals surface area contributed by atoms with Crippen LogP contribution in [0.3, 0.4) is 0 Å². The van der Waals surface area contributed by atoms with Crippen molar-refractivity contribution in [2.45, 2.75) is 30.2 Å². The third kappa shape index (κ3) is 3.80. The van der Waals surface area contributed by atoms with Gasteiger partial charge in [0.05, 0.1) is 9.82 Å². The Morgan fingerprint density at radius 2 is 1.92 bits per heavy atom. The molecule has 0 spiro atoms. The number of hydrogen-bond donors (Lipinski definition) is 1. The van der Waals surface area contributed by atoms with E-state index >= 15 is 0 Å². The summed E-state index contributed by atoms with van der Waals surface area (Å²) < 4.78 is 23.0. The highest BCUT2D eigenvalue weighted by molar-refractivity contribution is 7.89. The zero-order chi connectivity index (χ0) is 18.0. The highest BCUT2D eigenvalue weighted by Crippen LogP contribution is 2.36. The zero-order valence-electron chi connectivity index (χ0n) is 13.5. The molecular weight excluding hydrogens is 342 g/mol. The van der Waals surface area contributed by atoms with Crippen molar-refractivity contribution >= 4 is 21.4 Å². The largest absolute Gasteiger partial charge is 0.363 e. The molecule has 1 fully saturated rings. The number of primary sulfonamides is 1. The van der Waals surface area contributed by atoms with Gasteiger partial charge in [0.2, 0.25) is 10.0 Å². The van der Waals surface area contributed by atoms with Gasteiger partial charge < -0.3 is 4.90 Å². The van der Waals surface area contributed by atoms with Gasteiger partial charge in [0, 0.05) is 18.7 Å². The van der Waals surface area contributed by atoms with Crippen LogP contribution >= 0.6 is 0 Å². The predicted octanol–water partition coefficient (Wildman–Crippen LogP) is 2.45. The lowest BCUT2D eigenvalue weighted by Gasteiger charge is -2.26. The number of sulfonamides is 1. The number of nitrogens with zero attached hydrogens (tertiary/aromatic N) is 2. The molecule has 2 aromatic rings. The van der Waals surface area contributed by atoms with Crippen LogP contribution in [0.2, 0.25) is 0 Å². The smallest absolute Gasteiger partial charge is 0.293 e. The summed E-state index contributed by atoms with van der Waals surface area (Å²) in [6.45, 7) is 0.701. The maximum Gasteiger partial charge on any atom is 0.293 e. The Bertz CT molecular complexity index is 884. The van der Waals surface area contributed by atoms with Gasteiger partial charge >= 0.3 is 0 Å². The fraction of sp³-hybridized carbons (Fsp3) is 0.294. The first kappa shape index (κ1) is 17.4. The van der Waals surface area contributed by atoms with Crippen LogP contribution in [0.1, 0.15) is 18.4 Å². The van der Waals surface area contributed by atoms with Gasteiger partial charge in [-0.25, -0.2) is 13.6 Å². The molecule has 2 aromatic carbocycles. The molecule has 2 N–H and O–H groups in total. The van der Waals surface area contributed by atoms with E-state index in [-0.39, 0.29) is 16.6 Å². The van der Waals surface area contributed by atoms with Gasteiger partial charge in [-0.1, -0.05) is 30.3 Å². The molecule has 1 aliphatic rings. The molecule has 1 unspecified atom stereocenters. The van der Waals surface area contributed by atoms with E-state index in [1.807, 2.05) is 35.2 Å². The van der Waals surface area contributed by atoms with E-state index in [1.54, 1.807) is 0 Å². The molecule has 132 valence electrons. The van der Waals surface area contributed by atoms with Crippen LogP contribution in [-0.4, -0.2) is 25.9 Å². The van der Waals surface area contributed by atoms with Crippen LogP contribution in [0.15, 0.2) is 53.4 Å². The molecule has 7 nitrogen and oxygen atoms in total. The average molecular weight is 361 g/mol. The van der Waals surface area contributed by atoms with Gasteiger partial charge in [-0.3, -0.25) is 10.1 Å². The molecule has 1 atom stereocenters. The van der Waals surface area contributed by atoms with E-state index in [2.05, 4.69) is 0 Å². The van der Waals surface area contributed by atoms with E-state index in [4.69, 9.17) is 5.14 Å². The summed E-state index contributed by atoms with van der Waals surface area (Å²) in [4.78, 5) is 12.7. The van der Waals surface area contributed by atoms with Crippen LogP contribution < -0.4 is 10.0 Å². The molecule has 1 aliphatic heterocycles. The second kappa shape index (κ2) is 6.81. The van der Waals surface area contributed by atoms with Crippen molar-refractivity contribution in [3.63, 3.8) is 0 Å². The molecule has 0 radical (unpaired) electrons. The molecule has 0 amide bonds. The highest BCUT2D eigenvalue weighted by Gasteiger charge is 2.30. The van der Waals surface area contributed by atoms with Gasteiger partial charge in [0.25, 0.3) is 5.69 Å². The van der Waals surface area contributed by atoms with E-state index in [0.29, 0.717) is 12.2 Å². The van der Waals surface area contributed by atoms with Gasteiger partial charge in [0.15, 0.2) is 0 Å². The monoisotopic (exact) mass is 361 g/mol. The van der Waals surface area contributed by atoms with Crippen molar-refractivity contribution in [1.29, 1.82) is 0 Å². The zero-order valence-corrected chi connectivity index (χ0v) is 14.4. The Labute approximate surface area is 146 Å². The number of nitro groups is 1. The number of benzene rings is 2. The summed E-state index contributed by atoms with van der Waals surface area (Å²) >= 11 is 0. The van der Waals surface area contributed by atoms with Crippen LogP contribution in [0, 0.1) is 10.1 Å². The molecule has 8 heteroatoms. The van der Waals surface area contributed by atoms with Crippen LogP contribution in [0.25, 0.3) is 0 Å². The average Bonchev–Trinajstić information content (AvgIpc) is 3.02. The Morgan fingerprint density at radius 3 is 2.56 bits per heavy atom. The number of anilines is 1. The quantitative estimate of drug-likeness (QED) is 0.650. The molecule has 25 heavy (non-hydrogen) atoms. The first-order valence-electron chi connectivity index (χ1n) is 7.98. The lowest BCUT2D eigenvalue weighted by atomic mass is 10.0. The summed E-state index contributed by atoms with van der Waals surface area (Å²) in [5.41, 5.74) is 1.38. The SMILES string of the molecule is NS(=O)(=O)c1ccc(N2CCCC2Cc2ccccc2)c([N+](=O)[O-])c1. The summed E-state index contributed by atoms with van der Waals surface area (Å²) in [7, 11) is -3.98. The van der Waals surface area contributed by atoms with Crippen LogP contribution in [0.5, 0.6) is 0 Å².